The minimum atomic E-state index is -0.435. The number of nitro groups is 1. The van der Waals surface area contributed by atoms with Crippen LogP contribution in [-0.2, 0) is 0 Å². The molecule has 0 radical (unpaired) electrons. The number of aromatic nitrogens is 1. The summed E-state index contributed by atoms with van der Waals surface area (Å²) in [5.74, 6) is 2.30. The van der Waals surface area contributed by atoms with Crippen LogP contribution in [0.2, 0.25) is 5.02 Å². The topological polar surface area (TPSA) is 68.5 Å². The highest BCUT2D eigenvalue weighted by Crippen LogP contribution is 2.38. The zero-order valence-electron chi connectivity index (χ0n) is 13.6. The quantitative estimate of drug-likeness (QED) is 0.437. The van der Waals surface area contributed by atoms with Gasteiger partial charge >= 0.3 is 5.69 Å². The van der Waals surface area contributed by atoms with Crippen molar-refractivity contribution in [3.05, 3.63) is 51.5 Å². The highest BCUT2D eigenvalue weighted by molar-refractivity contribution is 7.99. The van der Waals surface area contributed by atoms with Gasteiger partial charge in [-0.2, -0.15) is 11.8 Å². The van der Waals surface area contributed by atoms with Gasteiger partial charge in [0.05, 0.1) is 15.1 Å². The van der Waals surface area contributed by atoms with E-state index in [1.54, 1.807) is 24.3 Å². The number of rotatable bonds is 4. The molecule has 6 nitrogen and oxygen atoms in total. The minimum Gasteiger partial charge on any atom is -0.423 e. The summed E-state index contributed by atoms with van der Waals surface area (Å²) < 4.78 is 6.73. The van der Waals surface area contributed by atoms with E-state index in [1.165, 1.54) is 17.4 Å². The van der Waals surface area contributed by atoms with Crippen molar-refractivity contribution < 1.29 is 9.66 Å². The first-order chi connectivity index (χ1) is 12.6. The van der Waals surface area contributed by atoms with Crippen molar-refractivity contribution >= 4 is 56.3 Å². The Kier molecular flexibility index (Phi) is 4.88. The Bertz CT molecular complexity index is 973. The van der Waals surface area contributed by atoms with Crippen LogP contribution in [0.4, 0.5) is 11.4 Å². The predicted molar refractivity (Wildman–Crippen MR) is 107 cm³/mol. The standard InChI is InChI=1S/C17H14ClN3O3S2/c18-11-1-4-16-13(9-11)19-17(26-16)24-15-10-12(2-3-14(15)21(22)23)20-5-7-25-8-6-20/h1-4,9-10H,5-8H2. The Labute approximate surface area is 162 Å². The summed E-state index contributed by atoms with van der Waals surface area (Å²) in [5, 5.41) is 12.3. The van der Waals surface area contributed by atoms with Crippen molar-refractivity contribution in [2.75, 3.05) is 29.5 Å². The molecule has 0 atom stereocenters. The third-order valence-corrected chi connectivity index (χ3v) is 6.14. The van der Waals surface area contributed by atoms with Crippen molar-refractivity contribution in [1.82, 2.24) is 4.98 Å². The first-order valence-corrected chi connectivity index (χ1v) is 10.3. The second kappa shape index (κ2) is 7.30. The van der Waals surface area contributed by atoms with E-state index in [1.807, 2.05) is 17.8 Å². The number of ether oxygens (including phenoxy) is 1. The molecule has 1 aliphatic rings. The minimum absolute atomic E-state index is 0.0718. The van der Waals surface area contributed by atoms with E-state index in [0.717, 1.165) is 35.0 Å². The molecule has 2 heterocycles. The van der Waals surface area contributed by atoms with Crippen molar-refractivity contribution in [3.63, 3.8) is 0 Å². The maximum atomic E-state index is 11.4. The van der Waals surface area contributed by atoms with Gasteiger partial charge in [0.25, 0.3) is 5.19 Å². The van der Waals surface area contributed by atoms with Crippen LogP contribution in [0.25, 0.3) is 10.2 Å². The molecule has 1 aromatic heterocycles. The lowest BCUT2D eigenvalue weighted by Gasteiger charge is -2.28. The molecule has 1 aliphatic heterocycles. The molecule has 9 heteroatoms. The fourth-order valence-corrected chi connectivity index (χ4v) is 4.65. The number of nitrogens with zero attached hydrogens (tertiary/aromatic N) is 3. The molecule has 134 valence electrons. The van der Waals surface area contributed by atoms with Crippen LogP contribution >= 0.6 is 34.7 Å². The molecular formula is C17H14ClN3O3S2. The zero-order valence-corrected chi connectivity index (χ0v) is 15.9. The summed E-state index contributed by atoms with van der Waals surface area (Å²) in [7, 11) is 0. The number of hydrogen-bond acceptors (Lipinski definition) is 7. The Hall–Kier alpha value is -2.03. The lowest BCUT2D eigenvalue weighted by Crippen LogP contribution is -2.32. The van der Waals surface area contributed by atoms with Crippen molar-refractivity contribution in [1.29, 1.82) is 0 Å². The van der Waals surface area contributed by atoms with Crippen molar-refractivity contribution in [2.24, 2.45) is 0 Å². The summed E-state index contributed by atoms with van der Waals surface area (Å²) in [6.07, 6.45) is 0. The number of hydrogen-bond donors (Lipinski definition) is 0. The summed E-state index contributed by atoms with van der Waals surface area (Å²) >= 11 is 9.23. The van der Waals surface area contributed by atoms with E-state index < -0.39 is 4.92 Å². The second-order valence-electron chi connectivity index (χ2n) is 5.70. The number of thiazole rings is 1. The van der Waals surface area contributed by atoms with E-state index in [0.29, 0.717) is 15.7 Å². The third kappa shape index (κ3) is 3.58. The van der Waals surface area contributed by atoms with Gasteiger partial charge in [-0.25, -0.2) is 4.98 Å². The molecule has 26 heavy (non-hydrogen) atoms. The molecule has 0 bridgehead atoms. The van der Waals surface area contributed by atoms with Crippen LogP contribution in [0.3, 0.4) is 0 Å². The van der Waals surface area contributed by atoms with E-state index >= 15 is 0 Å². The van der Waals surface area contributed by atoms with E-state index in [2.05, 4.69) is 9.88 Å². The fraction of sp³-hybridized carbons (Fsp3) is 0.235. The molecular weight excluding hydrogens is 394 g/mol. The Balaban J connectivity index is 1.68. The Morgan fingerprint density at radius 3 is 2.77 bits per heavy atom. The first-order valence-electron chi connectivity index (χ1n) is 7.95. The molecule has 0 amide bonds. The monoisotopic (exact) mass is 407 g/mol. The van der Waals surface area contributed by atoms with Crippen LogP contribution in [0.1, 0.15) is 0 Å². The summed E-state index contributed by atoms with van der Waals surface area (Å²) in [6.45, 7) is 1.84. The van der Waals surface area contributed by atoms with Gasteiger partial charge in [-0.15, -0.1) is 0 Å². The van der Waals surface area contributed by atoms with Crippen molar-refractivity contribution in [3.8, 4) is 10.9 Å². The SMILES string of the molecule is O=[N+]([O-])c1ccc(N2CCSCC2)cc1Oc1nc2cc(Cl)ccc2s1. The fourth-order valence-electron chi connectivity index (χ4n) is 2.77. The third-order valence-electron chi connectivity index (χ3n) is 4.04. The number of halogens is 1. The number of anilines is 1. The average molecular weight is 408 g/mol. The zero-order chi connectivity index (χ0) is 18.1. The van der Waals surface area contributed by atoms with Gasteiger partial charge in [0.1, 0.15) is 0 Å². The van der Waals surface area contributed by atoms with Gasteiger partial charge in [-0.1, -0.05) is 22.9 Å². The Morgan fingerprint density at radius 2 is 2.00 bits per heavy atom. The molecule has 0 aliphatic carbocycles. The molecule has 0 N–H and O–H groups in total. The summed E-state index contributed by atoms with van der Waals surface area (Å²) in [4.78, 5) is 17.6. The number of nitro benzene ring substituents is 1. The van der Waals surface area contributed by atoms with E-state index in [4.69, 9.17) is 16.3 Å². The van der Waals surface area contributed by atoms with Gasteiger partial charge in [0.2, 0.25) is 5.75 Å². The van der Waals surface area contributed by atoms with Gasteiger partial charge in [0, 0.05) is 47.4 Å². The van der Waals surface area contributed by atoms with Gasteiger partial charge in [-0.3, -0.25) is 10.1 Å². The van der Waals surface area contributed by atoms with E-state index in [9.17, 15) is 10.1 Å². The highest BCUT2D eigenvalue weighted by atomic mass is 35.5. The molecule has 1 fully saturated rings. The van der Waals surface area contributed by atoms with Gasteiger partial charge in [-0.05, 0) is 24.3 Å². The highest BCUT2D eigenvalue weighted by Gasteiger charge is 2.21. The second-order valence-corrected chi connectivity index (χ2v) is 8.36. The maximum Gasteiger partial charge on any atom is 0.311 e. The number of fused-ring (bicyclic) bond motifs is 1. The van der Waals surface area contributed by atoms with Gasteiger partial charge < -0.3 is 9.64 Å². The molecule has 4 rings (SSSR count). The van der Waals surface area contributed by atoms with Crippen LogP contribution in [0, 0.1) is 10.1 Å². The Morgan fingerprint density at radius 1 is 1.19 bits per heavy atom. The largest absolute Gasteiger partial charge is 0.423 e. The first kappa shape index (κ1) is 17.4. The lowest BCUT2D eigenvalue weighted by atomic mass is 10.2. The molecule has 3 aromatic rings. The van der Waals surface area contributed by atoms with Crippen LogP contribution in [0.5, 0.6) is 10.9 Å². The lowest BCUT2D eigenvalue weighted by molar-refractivity contribution is -0.385. The average Bonchev–Trinajstić information content (AvgIpc) is 3.03. The molecule has 1 saturated heterocycles. The molecule has 0 spiro atoms. The number of thioether (sulfide) groups is 1. The van der Waals surface area contributed by atoms with Crippen molar-refractivity contribution in [2.45, 2.75) is 0 Å². The summed E-state index contributed by atoms with van der Waals surface area (Å²) in [5.41, 5.74) is 1.57. The van der Waals surface area contributed by atoms with E-state index in [-0.39, 0.29) is 11.4 Å². The van der Waals surface area contributed by atoms with Crippen LogP contribution < -0.4 is 9.64 Å². The van der Waals surface area contributed by atoms with Crippen LogP contribution in [-0.4, -0.2) is 34.5 Å². The predicted octanol–water partition coefficient (Wildman–Crippen LogP) is 5.20. The molecule has 2 aromatic carbocycles. The van der Waals surface area contributed by atoms with Gasteiger partial charge in [0.15, 0.2) is 0 Å². The maximum absolute atomic E-state index is 11.4. The summed E-state index contributed by atoms with van der Waals surface area (Å²) in [6, 6.07) is 10.4. The number of benzene rings is 2. The normalized spacial score (nSPS) is 14.6. The van der Waals surface area contributed by atoms with Crippen LogP contribution in [0.15, 0.2) is 36.4 Å². The molecule has 0 saturated carbocycles. The molecule has 0 unspecified atom stereocenters. The smallest absolute Gasteiger partial charge is 0.311 e.